The number of piperidine rings is 1. The summed E-state index contributed by atoms with van der Waals surface area (Å²) >= 11 is 0. The lowest BCUT2D eigenvalue weighted by molar-refractivity contribution is -0.131. The minimum Gasteiger partial charge on any atom is -0.344 e. The van der Waals surface area contributed by atoms with E-state index in [1.165, 1.54) is 19.3 Å². The first kappa shape index (κ1) is 13.5. The third-order valence-electron chi connectivity index (χ3n) is 3.55. The average molecular weight is 226 g/mol. The molecule has 0 aromatic carbocycles. The van der Waals surface area contributed by atoms with Crippen molar-refractivity contribution < 1.29 is 4.79 Å². The molecule has 0 aromatic rings. The van der Waals surface area contributed by atoms with Crippen molar-refractivity contribution in [2.75, 3.05) is 20.1 Å². The normalized spacial score (nSPS) is 22.8. The van der Waals surface area contributed by atoms with Gasteiger partial charge in [-0.05, 0) is 25.3 Å². The van der Waals surface area contributed by atoms with Gasteiger partial charge < -0.3 is 10.2 Å². The fourth-order valence-electron chi connectivity index (χ4n) is 2.11. The molecule has 0 aromatic heterocycles. The minimum atomic E-state index is 0.293. The van der Waals surface area contributed by atoms with E-state index < -0.39 is 0 Å². The molecule has 0 bridgehead atoms. The van der Waals surface area contributed by atoms with Crippen LogP contribution in [0.3, 0.4) is 0 Å². The Bertz CT molecular complexity index is 212. The quantitative estimate of drug-likeness (QED) is 0.778. The van der Waals surface area contributed by atoms with E-state index in [9.17, 15) is 4.79 Å². The van der Waals surface area contributed by atoms with E-state index in [-0.39, 0.29) is 0 Å². The number of hydrogen-bond acceptors (Lipinski definition) is 2. The third-order valence-corrected chi connectivity index (χ3v) is 3.55. The molecule has 3 nitrogen and oxygen atoms in total. The SMILES string of the molecule is CCC(C)CC(=O)N(C)CC1CCCCN1. The number of likely N-dealkylation sites (N-methyl/N-ethyl adjacent to an activating group) is 1. The first-order valence-corrected chi connectivity index (χ1v) is 6.60. The van der Waals surface area contributed by atoms with Crippen molar-refractivity contribution in [2.45, 2.75) is 52.0 Å². The van der Waals surface area contributed by atoms with Crippen molar-refractivity contribution in [1.29, 1.82) is 0 Å². The molecule has 1 N–H and O–H groups in total. The van der Waals surface area contributed by atoms with Gasteiger partial charge in [0.25, 0.3) is 0 Å². The Kier molecular flexibility index (Phi) is 5.81. The van der Waals surface area contributed by atoms with Crippen LogP contribution in [0.2, 0.25) is 0 Å². The number of nitrogens with zero attached hydrogens (tertiary/aromatic N) is 1. The number of carbonyl (C=O) groups excluding carboxylic acids is 1. The van der Waals surface area contributed by atoms with E-state index in [0.29, 0.717) is 24.3 Å². The van der Waals surface area contributed by atoms with Gasteiger partial charge in [-0.3, -0.25) is 4.79 Å². The predicted octanol–water partition coefficient (Wildman–Crippen LogP) is 2.02. The molecular weight excluding hydrogens is 200 g/mol. The highest BCUT2D eigenvalue weighted by atomic mass is 16.2. The summed E-state index contributed by atoms with van der Waals surface area (Å²) in [7, 11) is 1.93. The topological polar surface area (TPSA) is 32.3 Å². The molecule has 16 heavy (non-hydrogen) atoms. The zero-order valence-corrected chi connectivity index (χ0v) is 11.0. The number of rotatable bonds is 5. The van der Waals surface area contributed by atoms with Gasteiger partial charge in [-0.15, -0.1) is 0 Å². The van der Waals surface area contributed by atoms with Crippen LogP contribution in [0, 0.1) is 5.92 Å². The molecule has 1 rings (SSSR count). The highest BCUT2D eigenvalue weighted by Crippen LogP contribution is 2.11. The van der Waals surface area contributed by atoms with E-state index in [1.807, 2.05) is 11.9 Å². The minimum absolute atomic E-state index is 0.293. The van der Waals surface area contributed by atoms with Crippen LogP contribution < -0.4 is 5.32 Å². The molecule has 2 atom stereocenters. The second-order valence-corrected chi connectivity index (χ2v) is 5.14. The van der Waals surface area contributed by atoms with Crippen molar-refractivity contribution in [2.24, 2.45) is 5.92 Å². The van der Waals surface area contributed by atoms with Crippen molar-refractivity contribution in [1.82, 2.24) is 10.2 Å². The molecule has 1 aliphatic rings. The van der Waals surface area contributed by atoms with Crippen molar-refractivity contribution in [3.05, 3.63) is 0 Å². The summed E-state index contributed by atoms with van der Waals surface area (Å²) < 4.78 is 0. The maximum Gasteiger partial charge on any atom is 0.222 e. The molecule has 1 fully saturated rings. The molecule has 0 saturated carbocycles. The summed E-state index contributed by atoms with van der Waals surface area (Å²) in [4.78, 5) is 13.8. The Hall–Kier alpha value is -0.570. The van der Waals surface area contributed by atoms with E-state index in [0.717, 1.165) is 19.5 Å². The summed E-state index contributed by atoms with van der Waals surface area (Å²) in [5.74, 6) is 0.802. The number of carbonyl (C=O) groups is 1. The van der Waals surface area contributed by atoms with Crippen LogP contribution >= 0.6 is 0 Å². The smallest absolute Gasteiger partial charge is 0.222 e. The maximum atomic E-state index is 11.9. The molecule has 0 aliphatic carbocycles. The lowest BCUT2D eigenvalue weighted by Gasteiger charge is -2.28. The summed E-state index contributed by atoms with van der Waals surface area (Å²) in [5, 5.41) is 3.48. The second-order valence-electron chi connectivity index (χ2n) is 5.14. The Morgan fingerprint density at radius 2 is 2.25 bits per heavy atom. The Balaban J connectivity index is 2.27. The van der Waals surface area contributed by atoms with E-state index in [4.69, 9.17) is 0 Å². The molecule has 1 heterocycles. The molecule has 1 saturated heterocycles. The van der Waals surface area contributed by atoms with E-state index in [2.05, 4.69) is 19.2 Å². The van der Waals surface area contributed by atoms with Gasteiger partial charge in [0.2, 0.25) is 5.91 Å². The fourth-order valence-corrected chi connectivity index (χ4v) is 2.11. The standard InChI is InChI=1S/C13H26N2O/c1-4-11(2)9-13(16)15(3)10-12-7-5-6-8-14-12/h11-12,14H,4-10H2,1-3H3. The maximum absolute atomic E-state index is 11.9. The average Bonchev–Trinajstić information content (AvgIpc) is 2.30. The molecule has 0 spiro atoms. The molecule has 3 heteroatoms. The predicted molar refractivity (Wildman–Crippen MR) is 67.4 cm³/mol. The third kappa shape index (κ3) is 4.52. The van der Waals surface area contributed by atoms with Crippen LogP contribution in [0.4, 0.5) is 0 Å². The first-order chi connectivity index (χ1) is 7.63. The highest BCUT2D eigenvalue weighted by Gasteiger charge is 2.18. The Labute approximate surface area is 99.6 Å². The van der Waals surface area contributed by atoms with E-state index >= 15 is 0 Å². The van der Waals surface area contributed by atoms with Gasteiger partial charge in [0.05, 0.1) is 0 Å². The summed E-state index contributed by atoms with van der Waals surface area (Å²) in [6.45, 7) is 6.26. The monoisotopic (exact) mass is 226 g/mol. The molecular formula is C13H26N2O. The first-order valence-electron chi connectivity index (χ1n) is 6.60. The van der Waals surface area contributed by atoms with Crippen molar-refractivity contribution in [3.63, 3.8) is 0 Å². The summed E-state index contributed by atoms with van der Waals surface area (Å²) in [6.07, 6.45) is 5.56. The van der Waals surface area contributed by atoms with Crippen molar-refractivity contribution >= 4 is 5.91 Å². The molecule has 0 radical (unpaired) electrons. The van der Waals surface area contributed by atoms with Crippen LogP contribution in [0.5, 0.6) is 0 Å². The lowest BCUT2D eigenvalue weighted by Crippen LogP contribution is -2.44. The van der Waals surface area contributed by atoms with Gasteiger partial charge in [0.15, 0.2) is 0 Å². The molecule has 94 valence electrons. The fraction of sp³-hybridized carbons (Fsp3) is 0.923. The zero-order chi connectivity index (χ0) is 12.0. The number of hydrogen-bond donors (Lipinski definition) is 1. The van der Waals surface area contributed by atoms with Crippen LogP contribution in [-0.4, -0.2) is 37.0 Å². The number of nitrogens with one attached hydrogen (secondary N) is 1. The van der Waals surface area contributed by atoms with Gasteiger partial charge in [0.1, 0.15) is 0 Å². The van der Waals surface area contributed by atoms with E-state index in [1.54, 1.807) is 0 Å². The highest BCUT2D eigenvalue weighted by molar-refractivity contribution is 5.76. The molecule has 1 amide bonds. The molecule has 1 aliphatic heterocycles. The second kappa shape index (κ2) is 6.89. The summed E-state index contributed by atoms with van der Waals surface area (Å²) in [6, 6.07) is 0.514. The number of amides is 1. The van der Waals surface area contributed by atoms with Crippen LogP contribution in [0.1, 0.15) is 46.0 Å². The van der Waals surface area contributed by atoms with Crippen LogP contribution in [-0.2, 0) is 4.79 Å². The lowest BCUT2D eigenvalue weighted by atomic mass is 10.0. The Morgan fingerprint density at radius 1 is 1.50 bits per heavy atom. The largest absolute Gasteiger partial charge is 0.344 e. The van der Waals surface area contributed by atoms with Crippen molar-refractivity contribution in [3.8, 4) is 0 Å². The van der Waals surface area contributed by atoms with Gasteiger partial charge in [-0.25, -0.2) is 0 Å². The van der Waals surface area contributed by atoms with Gasteiger partial charge >= 0.3 is 0 Å². The molecule has 2 unspecified atom stereocenters. The summed E-state index contributed by atoms with van der Waals surface area (Å²) in [5.41, 5.74) is 0. The van der Waals surface area contributed by atoms with Gasteiger partial charge in [-0.2, -0.15) is 0 Å². The van der Waals surface area contributed by atoms with Crippen LogP contribution in [0.25, 0.3) is 0 Å². The Morgan fingerprint density at radius 3 is 2.81 bits per heavy atom. The van der Waals surface area contributed by atoms with Crippen LogP contribution in [0.15, 0.2) is 0 Å². The van der Waals surface area contributed by atoms with Gasteiger partial charge in [0, 0.05) is 26.1 Å². The van der Waals surface area contributed by atoms with Gasteiger partial charge in [-0.1, -0.05) is 26.7 Å². The zero-order valence-electron chi connectivity index (χ0n) is 11.0.